The summed E-state index contributed by atoms with van der Waals surface area (Å²) in [5.74, 6) is 0.514. The smallest absolute Gasteiger partial charge is 0.0682 e. The number of aryl methyl sites for hydroxylation is 2. The maximum Gasteiger partial charge on any atom is 0.0682 e. The summed E-state index contributed by atoms with van der Waals surface area (Å²) in [4.78, 5) is 0. The molecule has 0 radical (unpaired) electrons. The van der Waals surface area contributed by atoms with Crippen LogP contribution in [0.1, 0.15) is 43.5 Å². The number of hydrogen-bond acceptors (Lipinski definition) is 1. The lowest BCUT2D eigenvalue weighted by molar-refractivity contribution is 0.799. The molecule has 0 spiro atoms. The van der Waals surface area contributed by atoms with Gasteiger partial charge in [-0.3, -0.25) is 0 Å². The highest BCUT2D eigenvalue weighted by Crippen LogP contribution is 2.24. The first-order valence-electron chi connectivity index (χ1n) is 6.27. The van der Waals surface area contributed by atoms with E-state index in [9.17, 15) is 0 Å². The quantitative estimate of drug-likeness (QED) is 0.780. The Labute approximate surface area is 103 Å². The molecule has 2 rings (SSSR count). The maximum atomic E-state index is 4.52. The molecule has 0 saturated carbocycles. The van der Waals surface area contributed by atoms with Crippen LogP contribution in [0.5, 0.6) is 0 Å². The summed E-state index contributed by atoms with van der Waals surface area (Å²) < 4.78 is 1.99. The van der Waals surface area contributed by atoms with Crippen LogP contribution in [-0.2, 0) is 6.42 Å². The van der Waals surface area contributed by atoms with E-state index in [-0.39, 0.29) is 0 Å². The third-order valence-corrected chi connectivity index (χ3v) is 3.09. The van der Waals surface area contributed by atoms with E-state index in [1.165, 1.54) is 16.8 Å². The zero-order valence-electron chi connectivity index (χ0n) is 11.1. The van der Waals surface area contributed by atoms with E-state index in [0.717, 1.165) is 12.1 Å². The van der Waals surface area contributed by atoms with Gasteiger partial charge in [0.05, 0.1) is 11.4 Å². The standard InChI is InChI=1S/C15H20N2/c1-5-13-6-7-14(11(2)3)15(10-13)17-9-8-12(4)16-17/h6-11H,5H2,1-4H3. The predicted octanol–water partition coefficient (Wildman–Crippen LogP) is 3.87. The first-order chi connectivity index (χ1) is 8.11. The fourth-order valence-corrected chi connectivity index (χ4v) is 2.05. The molecular weight excluding hydrogens is 208 g/mol. The number of benzene rings is 1. The first kappa shape index (κ1) is 11.9. The van der Waals surface area contributed by atoms with Crippen LogP contribution in [0, 0.1) is 6.92 Å². The monoisotopic (exact) mass is 228 g/mol. The predicted molar refractivity (Wildman–Crippen MR) is 71.8 cm³/mol. The zero-order chi connectivity index (χ0) is 12.4. The summed E-state index contributed by atoms with van der Waals surface area (Å²) >= 11 is 0. The van der Waals surface area contributed by atoms with Crippen LogP contribution in [0.4, 0.5) is 0 Å². The topological polar surface area (TPSA) is 17.8 Å². The highest BCUT2D eigenvalue weighted by Gasteiger charge is 2.09. The minimum atomic E-state index is 0.514. The Hall–Kier alpha value is -1.57. The van der Waals surface area contributed by atoms with E-state index in [0.29, 0.717) is 5.92 Å². The van der Waals surface area contributed by atoms with Crippen molar-refractivity contribution in [1.82, 2.24) is 9.78 Å². The van der Waals surface area contributed by atoms with E-state index in [1.54, 1.807) is 0 Å². The highest BCUT2D eigenvalue weighted by molar-refractivity contribution is 5.45. The molecule has 2 aromatic rings. The van der Waals surface area contributed by atoms with Crippen LogP contribution in [0.25, 0.3) is 5.69 Å². The second kappa shape index (κ2) is 4.74. The van der Waals surface area contributed by atoms with Crippen molar-refractivity contribution >= 4 is 0 Å². The normalized spacial score (nSPS) is 11.1. The minimum Gasteiger partial charge on any atom is -0.240 e. The summed E-state index contributed by atoms with van der Waals surface area (Å²) in [6, 6.07) is 8.75. The van der Waals surface area contributed by atoms with Crippen LogP contribution in [0.2, 0.25) is 0 Å². The lowest BCUT2D eigenvalue weighted by Crippen LogP contribution is -2.03. The Morgan fingerprint density at radius 2 is 2.00 bits per heavy atom. The van der Waals surface area contributed by atoms with E-state index in [2.05, 4.69) is 44.1 Å². The maximum absolute atomic E-state index is 4.52. The van der Waals surface area contributed by atoms with Gasteiger partial charge in [-0.25, -0.2) is 4.68 Å². The zero-order valence-corrected chi connectivity index (χ0v) is 11.1. The molecule has 0 atom stereocenters. The van der Waals surface area contributed by atoms with Gasteiger partial charge >= 0.3 is 0 Å². The van der Waals surface area contributed by atoms with Gasteiger partial charge in [-0.1, -0.05) is 32.9 Å². The van der Waals surface area contributed by atoms with E-state index < -0.39 is 0 Å². The number of rotatable bonds is 3. The van der Waals surface area contributed by atoms with Crippen molar-refractivity contribution in [2.45, 2.75) is 40.0 Å². The largest absolute Gasteiger partial charge is 0.240 e. The molecule has 0 saturated heterocycles. The van der Waals surface area contributed by atoms with Gasteiger partial charge in [0.15, 0.2) is 0 Å². The van der Waals surface area contributed by atoms with Crippen molar-refractivity contribution in [3.8, 4) is 5.69 Å². The Morgan fingerprint density at radius 3 is 2.53 bits per heavy atom. The third kappa shape index (κ3) is 2.41. The van der Waals surface area contributed by atoms with Gasteiger partial charge in [-0.05, 0) is 42.5 Å². The van der Waals surface area contributed by atoms with Crippen molar-refractivity contribution in [3.63, 3.8) is 0 Å². The molecule has 0 fully saturated rings. The second-order valence-electron chi connectivity index (χ2n) is 4.80. The first-order valence-corrected chi connectivity index (χ1v) is 6.27. The minimum absolute atomic E-state index is 0.514. The van der Waals surface area contributed by atoms with E-state index in [1.807, 2.05) is 23.9 Å². The molecule has 1 aromatic heterocycles. The number of hydrogen-bond donors (Lipinski definition) is 0. The van der Waals surface area contributed by atoms with Gasteiger partial charge in [0, 0.05) is 6.20 Å². The molecule has 2 heteroatoms. The molecule has 2 nitrogen and oxygen atoms in total. The van der Waals surface area contributed by atoms with Crippen LogP contribution < -0.4 is 0 Å². The molecule has 0 bridgehead atoms. The lowest BCUT2D eigenvalue weighted by atomic mass is 9.98. The average Bonchev–Trinajstić information content (AvgIpc) is 2.75. The van der Waals surface area contributed by atoms with Crippen molar-refractivity contribution in [3.05, 3.63) is 47.3 Å². The van der Waals surface area contributed by atoms with Crippen LogP contribution >= 0.6 is 0 Å². The molecule has 17 heavy (non-hydrogen) atoms. The van der Waals surface area contributed by atoms with E-state index in [4.69, 9.17) is 0 Å². The van der Waals surface area contributed by atoms with Crippen molar-refractivity contribution in [2.24, 2.45) is 0 Å². The fourth-order valence-electron chi connectivity index (χ4n) is 2.05. The summed E-state index contributed by atoms with van der Waals surface area (Å²) in [5.41, 5.74) is 4.98. The second-order valence-corrected chi connectivity index (χ2v) is 4.80. The molecule has 1 aromatic carbocycles. The number of nitrogens with zero attached hydrogens (tertiary/aromatic N) is 2. The summed E-state index contributed by atoms with van der Waals surface area (Å²) in [6.45, 7) is 8.65. The Morgan fingerprint density at radius 1 is 1.24 bits per heavy atom. The SMILES string of the molecule is CCc1ccc(C(C)C)c(-n2ccc(C)n2)c1. The van der Waals surface area contributed by atoms with Gasteiger partial charge in [-0.15, -0.1) is 0 Å². The van der Waals surface area contributed by atoms with Gasteiger partial charge in [0.1, 0.15) is 0 Å². The molecule has 0 aliphatic rings. The number of aromatic nitrogens is 2. The highest BCUT2D eigenvalue weighted by atomic mass is 15.3. The molecule has 0 amide bonds. The fraction of sp³-hybridized carbons (Fsp3) is 0.400. The van der Waals surface area contributed by atoms with Gasteiger partial charge in [0.25, 0.3) is 0 Å². The summed E-state index contributed by atoms with van der Waals surface area (Å²) in [7, 11) is 0. The van der Waals surface area contributed by atoms with Gasteiger partial charge in [0.2, 0.25) is 0 Å². The molecular formula is C15H20N2. The third-order valence-electron chi connectivity index (χ3n) is 3.09. The van der Waals surface area contributed by atoms with Gasteiger partial charge < -0.3 is 0 Å². The van der Waals surface area contributed by atoms with E-state index >= 15 is 0 Å². The Bertz CT molecular complexity index is 509. The van der Waals surface area contributed by atoms with Crippen molar-refractivity contribution < 1.29 is 0 Å². The summed E-state index contributed by atoms with van der Waals surface area (Å²) in [5, 5.41) is 4.52. The summed E-state index contributed by atoms with van der Waals surface area (Å²) in [6.07, 6.45) is 3.10. The molecule has 0 aliphatic carbocycles. The Balaban J connectivity index is 2.56. The van der Waals surface area contributed by atoms with Gasteiger partial charge in [-0.2, -0.15) is 5.10 Å². The lowest BCUT2D eigenvalue weighted by Gasteiger charge is -2.14. The molecule has 0 unspecified atom stereocenters. The Kier molecular flexibility index (Phi) is 3.32. The molecule has 1 heterocycles. The molecule has 0 N–H and O–H groups in total. The van der Waals surface area contributed by atoms with Crippen LogP contribution in [0.15, 0.2) is 30.5 Å². The average molecular weight is 228 g/mol. The van der Waals surface area contributed by atoms with Crippen molar-refractivity contribution in [1.29, 1.82) is 0 Å². The molecule has 90 valence electrons. The van der Waals surface area contributed by atoms with Crippen LogP contribution in [-0.4, -0.2) is 9.78 Å². The van der Waals surface area contributed by atoms with Crippen molar-refractivity contribution in [2.75, 3.05) is 0 Å². The molecule has 0 aliphatic heterocycles. The van der Waals surface area contributed by atoms with Crippen LogP contribution in [0.3, 0.4) is 0 Å².